The first-order valence-corrected chi connectivity index (χ1v) is 6.11. The fraction of sp³-hybridized carbons (Fsp3) is 0.154. The highest BCUT2D eigenvalue weighted by Gasteiger charge is 2.01. The monoisotopic (exact) mass is 293 g/mol. The van der Waals surface area contributed by atoms with Crippen LogP contribution in [0, 0.1) is 0 Å². The van der Waals surface area contributed by atoms with Gasteiger partial charge in [0, 0.05) is 6.07 Å². The first kappa shape index (κ1) is 11.9. The van der Waals surface area contributed by atoms with Crippen LogP contribution in [0.2, 0.25) is 0 Å². The van der Waals surface area contributed by atoms with Crippen LogP contribution in [0.25, 0.3) is 0 Å². The molecule has 1 aromatic heterocycles. The van der Waals surface area contributed by atoms with Crippen LogP contribution in [0.15, 0.2) is 47.1 Å². The lowest BCUT2D eigenvalue weighted by Gasteiger charge is -2.02. The van der Waals surface area contributed by atoms with Crippen molar-refractivity contribution in [1.29, 1.82) is 0 Å². The normalized spacial score (nSPS) is 10.0. The third-order valence-electron chi connectivity index (χ3n) is 2.42. The van der Waals surface area contributed by atoms with E-state index in [4.69, 9.17) is 4.74 Å². The zero-order valence-corrected chi connectivity index (χ0v) is 11.1. The number of H-pyrrole nitrogens is 1. The molecule has 0 spiro atoms. The van der Waals surface area contributed by atoms with Crippen molar-refractivity contribution in [3.8, 4) is 5.75 Å². The summed E-state index contributed by atoms with van der Waals surface area (Å²) in [7, 11) is 1.67. The summed E-state index contributed by atoms with van der Waals surface area (Å²) in [4.78, 5) is 3.15. The van der Waals surface area contributed by atoms with Crippen molar-refractivity contribution in [2.24, 2.45) is 0 Å². The second-order valence-corrected chi connectivity index (χ2v) is 4.54. The molecular formula is C13H14BrN2O+. The second kappa shape index (κ2) is 5.68. The van der Waals surface area contributed by atoms with Crippen LogP contribution in [-0.2, 0) is 6.54 Å². The Hall–Kier alpha value is -1.55. The highest BCUT2D eigenvalue weighted by atomic mass is 79.9. The maximum absolute atomic E-state index is 5.11. The molecule has 0 radical (unpaired) electrons. The number of benzene rings is 1. The molecule has 1 aromatic carbocycles. The minimum atomic E-state index is 0.780. The van der Waals surface area contributed by atoms with E-state index in [2.05, 4.69) is 26.2 Å². The lowest BCUT2D eigenvalue weighted by atomic mass is 10.2. The summed E-state index contributed by atoms with van der Waals surface area (Å²) in [5.41, 5.74) is 1.21. The summed E-state index contributed by atoms with van der Waals surface area (Å²) < 4.78 is 6.15. The summed E-state index contributed by atoms with van der Waals surface area (Å²) in [5, 5.41) is 3.31. The van der Waals surface area contributed by atoms with Gasteiger partial charge in [0.25, 0.3) is 5.82 Å². The molecule has 88 valence electrons. The molecule has 0 bridgehead atoms. The van der Waals surface area contributed by atoms with Crippen molar-refractivity contribution in [2.75, 3.05) is 12.4 Å². The Labute approximate surface area is 109 Å². The van der Waals surface area contributed by atoms with E-state index in [1.807, 2.05) is 42.6 Å². The van der Waals surface area contributed by atoms with Gasteiger partial charge < -0.3 is 4.74 Å². The Kier molecular flexibility index (Phi) is 3.98. The van der Waals surface area contributed by atoms with Gasteiger partial charge in [0.15, 0.2) is 0 Å². The van der Waals surface area contributed by atoms with Crippen LogP contribution in [0.1, 0.15) is 5.56 Å². The Morgan fingerprint density at radius 1 is 1.18 bits per heavy atom. The molecule has 1 heterocycles. The molecule has 0 aliphatic rings. The van der Waals surface area contributed by atoms with Crippen LogP contribution in [-0.4, -0.2) is 7.11 Å². The molecule has 0 aliphatic heterocycles. The third kappa shape index (κ3) is 3.46. The predicted molar refractivity (Wildman–Crippen MR) is 71.0 cm³/mol. The smallest absolute Gasteiger partial charge is 0.272 e. The number of rotatable bonds is 4. The van der Waals surface area contributed by atoms with E-state index in [0.717, 1.165) is 22.6 Å². The van der Waals surface area contributed by atoms with Gasteiger partial charge in [-0.15, -0.1) is 0 Å². The van der Waals surface area contributed by atoms with Gasteiger partial charge in [0.2, 0.25) is 0 Å². The van der Waals surface area contributed by atoms with E-state index >= 15 is 0 Å². The Balaban J connectivity index is 1.95. The van der Waals surface area contributed by atoms with Crippen molar-refractivity contribution in [2.45, 2.75) is 6.54 Å². The lowest BCUT2D eigenvalue weighted by Crippen LogP contribution is -2.12. The molecule has 2 aromatic rings. The molecule has 0 saturated carbocycles. The Morgan fingerprint density at radius 3 is 2.53 bits per heavy atom. The summed E-state index contributed by atoms with van der Waals surface area (Å²) >= 11 is 3.38. The lowest BCUT2D eigenvalue weighted by molar-refractivity contribution is -0.362. The zero-order valence-electron chi connectivity index (χ0n) is 9.53. The van der Waals surface area contributed by atoms with E-state index in [1.165, 1.54) is 5.56 Å². The maximum Gasteiger partial charge on any atom is 0.272 e. The summed E-state index contributed by atoms with van der Waals surface area (Å²) in [6.07, 6.45) is 1.90. The summed E-state index contributed by atoms with van der Waals surface area (Å²) in [6.45, 7) is 0.780. The number of aromatic nitrogens is 1. The number of pyridine rings is 1. The van der Waals surface area contributed by atoms with E-state index in [1.54, 1.807) is 7.11 Å². The molecule has 0 unspecified atom stereocenters. The highest BCUT2D eigenvalue weighted by Crippen LogP contribution is 2.12. The van der Waals surface area contributed by atoms with Crippen LogP contribution < -0.4 is 15.0 Å². The largest absolute Gasteiger partial charge is 0.497 e. The number of anilines is 1. The van der Waals surface area contributed by atoms with Gasteiger partial charge in [0.05, 0.1) is 11.6 Å². The van der Waals surface area contributed by atoms with E-state index in [9.17, 15) is 0 Å². The molecular weight excluding hydrogens is 280 g/mol. The van der Waals surface area contributed by atoms with Crippen molar-refractivity contribution >= 4 is 21.7 Å². The van der Waals surface area contributed by atoms with Gasteiger partial charge in [-0.05, 0) is 39.7 Å². The van der Waals surface area contributed by atoms with Gasteiger partial charge in [-0.3, -0.25) is 5.32 Å². The minimum absolute atomic E-state index is 0.780. The van der Waals surface area contributed by atoms with Gasteiger partial charge in [-0.1, -0.05) is 12.1 Å². The second-order valence-electron chi connectivity index (χ2n) is 3.62. The number of halogens is 1. The molecule has 17 heavy (non-hydrogen) atoms. The molecule has 0 saturated heterocycles. The molecule has 0 aliphatic carbocycles. The molecule has 0 atom stereocenters. The number of nitrogens with one attached hydrogen (secondary N) is 2. The van der Waals surface area contributed by atoms with E-state index < -0.39 is 0 Å². The number of hydrogen-bond donors (Lipinski definition) is 1. The van der Waals surface area contributed by atoms with Crippen LogP contribution in [0.3, 0.4) is 0 Å². The summed E-state index contributed by atoms with van der Waals surface area (Å²) in [5.74, 6) is 1.87. The fourth-order valence-electron chi connectivity index (χ4n) is 1.46. The number of hydrogen-bond acceptors (Lipinski definition) is 2. The molecule has 2 rings (SSSR count). The van der Waals surface area contributed by atoms with E-state index in [-0.39, 0.29) is 0 Å². The molecule has 2 N–H and O–H groups in total. The third-order valence-corrected chi connectivity index (χ3v) is 2.91. The predicted octanol–water partition coefficient (Wildman–Crippen LogP) is 2.88. The van der Waals surface area contributed by atoms with Gasteiger partial charge >= 0.3 is 0 Å². The first-order chi connectivity index (χ1) is 8.28. The number of methoxy groups -OCH3 is 1. The Morgan fingerprint density at radius 2 is 1.94 bits per heavy atom. The maximum atomic E-state index is 5.11. The minimum Gasteiger partial charge on any atom is -0.497 e. The van der Waals surface area contributed by atoms with Crippen LogP contribution in [0.5, 0.6) is 5.75 Å². The Bertz CT molecular complexity index is 468. The zero-order chi connectivity index (χ0) is 12.1. The molecule has 4 heteroatoms. The molecule has 0 amide bonds. The SMILES string of the molecule is COc1ccc(CNc2ccc(Br)c[nH+]2)cc1. The van der Waals surface area contributed by atoms with Gasteiger partial charge in [-0.25, -0.2) is 4.98 Å². The van der Waals surface area contributed by atoms with Gasteiger partial charge in [0.1, 0.15) is 18.5 Å². The van der Waals surface area contributed by atoms with Crippen LogP contribution >= 0.6 is 15.9 Å². The average Bonchev–Trinajstić information content (AvgIpc) is 2.39. The van der Waals surface area contributed by atoms with Crippen LogP contribution in [0.4, 0.5) is 5.82 Å². The van der Waals surface area contributed by atoms with E-state index in [0.29, 0.717) is 0 Å². The quantitative estimate of drug-likeness (QED) is 0.941. The van der Waals surface area contributed by atoms with Crippen molar-refractivity contribution in [3.05, 3.63) is 52.6 Å². The van der Waals surface area contributed by atoms with Crippen molar-refractivity contribution < 1.29 is 9.72 Å². The van der Waals surface area contributed by atoms with Crippen molar-refractivity contribution in [1.82, 2.24) is 0 Å². The fourth-order valence-corrected chi connectivity index (χ4v) is 1.70. The van der Waals surface area contributed by atoms with Crippen molar-refractivity contribution in [3.63, 3.8) is 0 Å². The number of ether oxygens (including phenoxy) is 1. The first-order valence-electron chi connectivity index (χ1n) is 5.32. The average molecular weight is 294 g/mol. The topological polar surface area (TPSA) is 35.4 Å². The molecule has 0 fully saturated rings. The van der Waals surface area contributed by atoms with Gasteiger partial charge in [-0.2, -0.15) is 0 Å². The highest BCUT2D eigenvalue weighted by molar-refractivity contribution is 9.10. The standard InChI is InChI=1S/C13H13BrN2O/c1-17-12-5-2-10(3-6-12)8-15-13-7-4-11(14)9-16-13/h2-7,9H,8H2,1H3,(H,15,16)/p+1. The molecule has 3 nitrogen and oxygen atoms in total. The number of aromatic amines is 1. The summed E-state index contributed by atoms with van der Waals surface area (Å²) in [6, 6.07) is 12.0.